The molecule has 2 aliphatic heterocycles. The molecule has 0 unspecified atom stereocenters. The lowest BCUT2D eigenvalue weighted by molar-refractivity contribution is -0.178. The fourth-order valence-corrected chi connectivity index (χ4v) is 2.87. The Hall–Kier alpha value is -1.30. The Kier molecular flexibility index (Phi) is 4.33. The summed E-state index contributed by atoms with van der Waals surface area (Å²) in [6, 6.07) is 8.03. The summed E-state index contributed by atoms with van der Waals surface area (Å²) >= 11 is 0. The largest absolute Gasteiger partial charge is 0.399 e. The van der Waals surface area contributed by atoms with E-state index in [0.29, 0.717) is 25.9 Å². The van der Waals surface area contributed by atoms with Gasteiger partial charge in [0, 0.05) is 24.5 Å². The lowest BCUT2D eigenvalue weighted by Crippen LogP contribution is -2.50. The molecular weight excluding hydrogens is 268 g/mol. The van der Waals surface area contributed by atoms with Crippen LogP contribution in [0, 0.1) is 5.41 Å². The van der Waals surface area contributed by atoms with E-state index in [1.165, 1.54) is 5.69 Å². The third kappa shape index (κ3) is 3.31. The molecule has 21 heavy (non-hydrogen) atoms. The lowest BCUT2D eigenvalue weighted by Gasteiger charge is -2.41. The molecule has 1 aromatic carbocycles. The summed E-state index contributed by atoms with van der Waals surface area (Å²) in [5, 5.41) is 9.40. The van der Waals surface area contributed by atoms with E-state index < -0.39 is 0 Å². The van der Waals surface area contributed by atoms with Crippen LogP contribution >= 0.6 is 0 Å². The van der Waals surface area contributed by atoms with Crippen LogP contribution < -0.4 is 10.6 Å². The fourth-order valence-electron chi connectivity index (χ4n) is 2.87. The van der Waals surface area contributed by atoms with Crippen LogP contribution in [0.2, 0.25) is 0 Å². The molecule has 5 heteroatoms. The van der Waals surface area contributed by atoms with Gasteiger partial charge in [0.1, 0.15) is 0 Å². The van der Waals surface area contributed by atoms with Gasteiger partial charge in [-0.1, -0.05) is 0 Å². The monoisotopic (exact) mass is 292 g/mol. The molecule has 0 spiro atoms. The minimum Gasteiger partial charge on any atom is -0.399 e. The highest BCUT2D eigenvalue weighted by atomic mass is 16.5. The molecule has 2 heterocycles. The van der Waals surface area contributed by atoms with Crippen molar-refractivity contribution in [1.29, 1.82) is 0 Å². The Morgan fingerprint density at radius 1 is 1.24 bits per heavy atom. The molecule has 116 valence electrons. The zero-order chi connectivity index (χ0) is 14.7. The molecule has 2 fully saturated rings. The zero-order valence-electron chi connectivity index (χ0n) is 12.3. The van der Waals surface area contributed by atoms with Crippen LogP contribution in [0.3, 0.4) is 0 Å². The van der Waals surface area contributed by atoms with Crippen LogP contribution in [-0.2, 0) is 9.47 Å². The van der Waals surface area contributed by atoms with Crippen LogP contribution in [0.15, 0.2) is 24.3 Å². The molecule has 5 nitrogen and oxygen atoms in total. The van der Waals surface area contributed by atoms with Crippen molar-refractivity contribution >= 4 is 11.4 Å². The van der Waals surface area contributed by atoms with Crippen molar-refractivity contribution in [3.05, 3.63) is 24.3 Å². The molecule has 0 bridgehead atoms. The van der Waals surface area contributed by atoms with Crippen LogP contribution in [0.25, 0.3) is 0 Å². The average Bonchev–Trinajstić information content (AvgIpc) is 2.48. The van der Waals surface area contributed by atoms with Gasteiger partial charge in [0.15, 0.2) is 0 Å². The number of rotatable bonds is 5. The minimum absolute atomic E-state index is 0.145. The first-order valence-corrected chi connectivity index (χ1v) is 7.61. The predicted molar refractivity (Wildman–Crippen MR) is 82.4 cm³/mol. The number of hydrogen-bond donors (Lipinski definition) is 2. The van der Waals surface area contributed by atoms with Crippen molar-refractivity contribution in [2.45, 2.75) is 18.9 Å². The van der Waals surface area contributed by atoms with Crippen molar-refractivity contribution in [3.8, 4) is 0 Å². The highest BCUT2D eigenvalue weighted by Gasteiger charge is 2.39. The highest BCUT2D eigenvalue weighted by molar-refractivity contribution is 5.53. The Bertz CT molecular complexity index is 446. The summed E-state index contributed by atoms with van der Waals surface area (Å²) in [5.74, 6) is 0. The van der Waals surface area contributed by atoms with Gasteiger partial charge in [-0.2, -0.15) is 0 Å². The Balaban J connectivity index is 1.45. The molecule has 0 radical (unpaired) electrons. The molecule has 2 aliphatic rings. The predicted octanol–water partition coefficient (Wildman–Crippen LogP) is 1.26. The van der Waals surface area contributed by atoms with Gasteiger partial charge in [-0.05, 0) is 37.1 Å². The van der Waals surface area contributed by atoms with Gasteiger partial charge in [-0.3, -0.25) is 0 Å². The summed E-state index contributed by atoms with van der Waals surface area (Å²) in [6.07, 6.45) is 2.33. The number of piperidine rings is 1. The number of nitrogen functional groups attached to an aromatic ring is 1. The van der Waals surface area contributed by atoms with Gasteiger partial charge in [0.25, 0.3) is 0 Å². The van der Waals surface area contributed by atoms with Crippen LogP contribution in [0.4, 0.5) is 11.4 Å². The Morgan fingerprint density at radius 3 is 2.43 bits per heavy atom. The number of aliphatic hydroxyl groups excluding tert-OH is 1. The van der Waals surface area contributed by atoms with Crippen LogP contribution in [0.5, 0.6) is 0 Å². The van der Waals surface area contributed by atoms with Crippen molar-refractivity contribution in [2.24, 2.45) is 5.41 Å². The van der Waals surface area contributed by atoms with E-state index in [9.17, 15) is 5.11 Å². The molecule has 3 N–H and O–H groups in total. The van der Waals surface area contributed by atoms with Gasteiger partial charge < -0.3 is 25.2 Å². The first kappa shape index (κ1) is 14.6. The second-order valence-corrected chi connectivity index (χ2v) is 6.24. The fraction of sp³-hybridized carbons (Fsp3) is 0.625. The van der Waals surface area contributed by atoms with E-state index in [4.69, 9.17) is 15.2 Å². The van der Waals surface area contributed by atoms with E-state index in [1.54, 1.807) is 0 Å². The lowest BCUT2D eigenvalue weighted by atomic mass is 9.88. The maximum Gasteiger partial charge on any atom is 0.0635 e. The molecule has 0 atom stereocenters. The van der Waals surface area contributed by atoms with Gasteiger partial charge in [-0.15, -0.1) is 0 Å². The highest BCUT2D eigenvalue weighted by Crippen LogP contribution is 2.29. The first-order valence-electron chi connectivity index (χ1n) is 7.61. The Morgan fingerprint density at radius 2 is 1.90 bits per heavy atom. The number of ether oxygens (including phenoxy) is 2. The number of benzene rings is 1. The summed E-state index contributed by atoms with van der Waals surface area (Å²) in [6.45, 7) is 3.99. The van der Waals surface area contributed by atoms with Crippen molar-refractivity contribution in [1.82, 2.24) is 0 Å². The first-order chi connectivity index (χ1) is 10.2. The number of aliphatic hydroxyl groups is 1. The molecule has 0 amide bonds. The third-order valence-electron chi connectivity index (χ3n) is 4.48. The Labute approximate surface area is 125 Å². The van der Waals surface area contributed by atoms with E-state index in [0.717, 1.165) is 31.6 Å². The van der Waals surface area contributed by atoms with E-state index >= 15 is 0 Å². The maximum atomic E-state index is 9.40. The minimum atomic E-state index is -0.145. The summed E-state index contributed by atoms with van der Waals surface area (Å²) < 4.78 is 11.2. The van der Waals surface area contributed by atoms with Gasteiger partial charge in [0.2, 0.25) is 0 Å². The molecular formula is C16H24N2O3. The van der Waals surface area contributed by atoms with Crippen molar-refractivity contribution in [3.63, 3.8) is 0 Å². The smallest absolute Gasteiger partial charge is 0.0635 e. The van der Waals surface area contributed by atoms with Crippen molar-refractivity contribution < 1.29 is 14.6 Å². The normalized spacial score (nSPS) is 22.0. The average molecular weight is 292 g/mol. The number of nitrogens with two attached hydrogens (primary N) is 1. The molecule has 0 aromatic heterocycles. The van der Waals surface area contributed by atoms with Crippen LogP contribution in [-0.4, -0.2) is 50.7 Å². The number of hydrogen-bond acceptors (Lipinski definition) is 5. The molecule has 0 aliphatic carbocycles. The van der Waals surface area contributed by atoms with Gasteiger partial charge in [0.05, 0.1) is 37.9 Å². The summed E-state index contributed by atoms with van der Waals surface area (Å²) in [7, 11) is 0. The van der Waals surface area contributed by atoms with Crippen molar-refractivity contribution in [2.75, 3.05) is 50.2 Å². The molecule has 1 aromatic rings. The number of anilines is 2. The maximum absolute atomic E-state index is 9.40. The van der Waals surface area contributed by atoms with E-state index in [-0.39, 0.29) is 12.0 Å². The van der Waals surface area contributed by atoms with Gasteiger partial charge in [-0.25, -0.2) is 0 Å². The zero-order valence-corrected chi connectivity index (χ0v) is 12.3. The second kappa shape index (κ2) is 6.22. The van der Waals surface area contributed by atoms with E-state index in [1.807, 2.05) is 12.1 Å². The van der Waals surface area contributed by atoms with Crippen LogP contribution in [0.1, 0.15) is 12.8 Å². The standard InChI is InChI=1S/C16H24N2O3/c17-13-1-3-14(4-2-13)18-7-5-15(6-8-18)21-12-16(9-19)10-20-11-16/h1-4,15,19H,5-12,17H2. The van der Waals surface area contributed by atoms with E-state index in [2.05, 4.69) is 17.0 Å². The second-order valence-electron chi connectivity index (χ2n) is 6.24. The number of nitrogens with zero attached hydrogens (tertiary/aromatic N) is 1. The third-order valence-corrected chi connectivity index (χ3v) is 4.48. The molecule has 2 saturated heterocycles. The summed E-state index contributed by atoms with van der Waals surface area (Å²) in [5.41, 5.74) is 7.60. The SMILES string of the molecule is Nc1ccc(N2CCC(OCC3(CO)COC3)CC2)cc1. The topological polar surface area (TPSA) is 68.0 Å². The molecule has 3 rings (SSSR count). The summed E-state index contributed by atoms with van der Waals surface area (Å²) in [4.78, 5) is 2.37. The quantitative estimate of drug-likeness (QED) is 0.800. The molecule has 0 saturated carbocycles. The van der Waals surface area contributed by atoms with Gasteiger partial charge >= 0.3 is 0 Å².